The molecule has 154 valence electrons. The zero-order valence-corrected chi connectivity index (χ0v) is 16.2. The van der Waals surface area contributed by atoms with E-state index in [9.17, 15) is 14.4 Å². The number of benzene rings is 1. The second kappa shape index (κ2) is 10.0. The molecule has 0 saturated carbocycles. The molecule has 1 saturated heterocycles. The minimum Gasteiger partial charge on any atom is -0.497 e. The molecule has 4 atom stereocenters. The first-order valence-corrected chi connectivity index (χ1v) is 8.68. The van der Waals surface area contributed by atoms with Crippen molar-refractivity contribution < 1.29 is 42.8 Å². The van der Waals surface area contributed by atoms with E-state index in [0.717, 1.165) is 0 Å². The molecular formula is C19H24O9. The summed E-state index contributed by atoms with van der Waals surface area (Å²) in [4.78, 5) is 35.0. The molecule has 1 heterocycles. The summed E-state index contributed by atoms with van der Waals surface area (Å²) in [6.07, 6.45) is -3.10. The summed E-state index contributed by atoms with van der Waals surface area (Å²) in [5.41, 5.74) is 0.356. The Labute approximate surface area is 162 Å². The van der Waals surface area contributed by atoms with E-state index >= 15 is 0 Å². The van der Waals surface area contributed by atoms with Crippen molar-refractivity contribution in [1.82, 2.24) is 0 Å². The molecule has 0 radical (unpaired) electrons. The molecular weight excluding hydrogens is 372 g/mol. The summed E-state index contributed by atoms with van der Waals surface area (Å²) in [5.74, 6) is -1.01. The van der Waals surface area contributed by atoms with Gasteiger partial charge in [0.05, 0.1) is 18.8 Å². The van der Waals surface area contributed by atoms with Crippen LogP contribution in [0.1, 0.15) is 30.6 Å². The molecule has 0 bridgehead atoms. The Bertz CT molecular complexity index is 685. The van der Waals surface area contributed by atoms with Crippen molar-refractivity contribution in [1.29, 1.82) is 0 Å². The van der Waals surface area contributed by atoms with Crippen LogP contribution in [-0.4, -0.2) is 63.3 Å². The van der Waals surface area contributed by atoms with Crippen LogP contribution in [0.25, 0.3) is 0 Å². The summed E-state index contributed by atoms with van der Waals surface area (Å²) in [7, 11) is 2.90. The fraction of sp³-hybridized carbons (Fsp3) is 0.526. The number of esters is 3. The lowest BCUT2D eigenvalue weighted by molar-refractivity contribution is -0.271. The summed E-state index contributed by atoms with van der Waals surface area (Å²) < 4.78 is 31.7. The van der Waals surface area contributed by atoms with Crippen LogP contribution < -0.4 is 4.74 Å². The fourth-order valence-corrected chi connectivity index (χ4v) is 2.82. The number of hydrogen-bond acceptors (Lipinski definition) is 9. The van der Waals surface area contributed by atoms with Crippen LogP contribution in [0.2, 0.25) is 0 Å². The Balaban J connectivity index is 2.01. The van der Waals surface area contributed by atoms with Gasteiger partial charge in [-0.05, 0) is 24.3 Å². The summed E-state index contributed by atoms with van der Waals surface area (Å²) in [5, 5.41) is 0. The summed E-state index contributed by atoms with van der Waals surface area (Å²) in [6, 6.07) is 6.46. The Morgan fingerprint density at radius 1 is 1.04 bits per heavy atom. The van der Waals surface area contributed by atoms with Gasteiger partial charge >= 0.3 is 17.9 Å². The van der Waals surface area contributed by atoms with Crippen molar-refractivity contribution in [3.63, 3.8) is 0 Å². The highest BCUT2D eigenvalue weighted by Crippen LogP contribution is 2.27. The van der Waals surface area contributed by atoms with E-state index in [0.29, 0.717) is 11.3 Å². The lowest BCUT2D eigenvalue weighted by Gasteiger charge is -2.39. The lowest BCUT2D eigenvalue weighted by Crippen LogP contribution is -2.53. The fourth-order valence-electron chi connectivity index (χ4n) is 2.82. The van der Waals surface area contributed by atoms with E-state index in [4.69, 9.17) is 28.4 Å². The molecule has 1 aromatic rings. The molecule has 1 fully saturated rings. The quantitative estimate of drug-likeness (QED) is 0.500. The van der Waals surface area contributed by atoms with Crippen molar-refractivity contribution in [2.24, 2.45) is 0 Å². The van der Waals surface area contributed by atoms with E-state index in [2.05, 4.69) is 0 Å². The Kier molecular flexibility index (Phi) is 7.77. The molecule has 9 nitrogen and oxygen atoms in total. The zero-order valence-electron chi connectivity index (χ0n) is 16.2. The summed E-state index contributed by atoms with van der Waals surface area (Å²) in [6.45, 7) is 2.40. The number of carbonyl (C=O) groups excluding carboxylic acids is 3. The first-order chi connectivity index (χ1) is 13.3. The SMILES string of the molecule is COc1ccc(C(=O)OC[C@@H]2C[C@H](OC(C)=O)[C@@H](OC(C)=O)[C@@H](OC)O2)cc1. The van der Waals surface area contributed by atoms with E-state index in [-0.39, 0.29) is 13.0 Å². The number of ether oxygens (including phenoxy) is 6. The van der Waals surface area contributed by atoms with Crippen molar-refractivity contribution in [2.75, 3.05) is 20.8 Å². The Morgan fingerprint density at radius 2 is 1.68 bits per heavy atom. The highest BCUT2D eigenvalue weighted by atomic mass is 16.7. The van der Waals surface area contributed by atoms with Gasteiger partial charge in [-0.25, -0.2) is 4.79 Å². The highest BCUT2D eigenvalue weighted by molar-refractivity contribution is 5.89. The van der Waals surface area contributed by atoms with Crippen LogP contribution >= 0.6 is 0 Å². The van der Waals surface area contributed by atoms with Gasteiger partial charge < -0.3 is 28.4 Å². The van der Waals surface area contributed by atoms with Gasteiger partial charge in [-0.2, -0.15) is 0 Å². The molecule has 28 heavy (non-hydrogen) atoms. The molecule has 0 amide bonds. The molecule has 9 heteroatoms. The molecule has 0 aliphatic carbocycles. The van der Waals surface area contributed by atoms with Crippen molar-refractivity contribution in [3.8, 4) is 5.75 Å². The molecule has 0 aromatic heterocycles. The average Bonchev–Trinajstić information content (AvgIpc) is 2.66. The van der Waals surface area contributed by atoms with Gasteiger partial charge in [0.25, 0.3) is 0 Å². The third-order valence-corrected chi connectivity index (χ3v) is 4.03. The monoisotopic (exact) mass is 396 g/mol. The topological polar surface area (TPSA) is 107 Å². The molecule has 0 unspecified atom stereocenters. The number of carbonyl (C=O) groups is 3. The standard InChI is InChI=1S/C19H24O9/c1-11(20)26-16-9-15(28-19(24-4)17(16)27-12(2)21)10-25-18(22)13-5-7-14(23-3)8-6-13/h5-8,15-17,19H,9-10H2,1-4H3/t15-,16-,17+,19-/m0/s1. The molecule has 2 rings (SSSR count). The zero-order chi connectivity index (χ0) is 20.7. The third-order valence-electron chi connectivity index (χ3n) is 4.03. The first-order valence-electron chi connectivity index (χ1n) is 8.68. The average molecular weight is 396 g/mol. The second-order valence-corrected chi connectivity index (χ2v) is 6.15. The predicted molar refractivity (Wildman–Crippen MR) is 94.7 cm³/mol. The van der Waals surface area contributed by atoms with Gasteiger partial charge in [0.2, 0.25) is 0 Å². The Morgan fingerprint density at radius 3 is 2.21 bits per heavy atom. The molecule has 0 spiro atoms. The van der Waals surface area contributed by atoms with E-state index in [1.165, 1.54) is 28.1 Å². The van der Waals surface area contributed by atoms with Crippen LogP contribution in [0.4, 0.5) is 0 Å². The van der Waals surface area contributed by atoms with Gasteiger partial charge in [0, 0.05) is 27.4 Å². The number of methoxy groups -OCH3 is 2. The van der Waals surface area contributed by atoms with Crippen LogP contribution in [0, 0.1) is 0 Å². The van der Waals surface area contributed by atoms with Crippen LogP contribution in [0.3, 0.4) is 0 Å². The smallest absolute Gasteiger partial charge is 0.338 e. The van der Waals surface area contributed by atoms with Crippen LogP contribution in [-0.2, 0) is 33.3 Å². The second-order valence-electron chi connectivity index (χ2n) is 6.15. The van der Waals surface area contributed by atoms with Crippen LogP contribution in [0.15, 0.2) is 24.3 Å². The van der Waals surface area contributed by atoms with Crippen molar-refractivity contribution in [3.05, 3.63) is 29.8 Å². The lowest BCUT2D eigenvalue weighted by atomic mass is 10.0. The normalized spacial score (nSPS) is 24.1. The number of hydrogen-bond donors (Lipinski definition) is 0. The van der Waals surface area contributed by atoms with Crippen molar-refractivity contribution >= 4 is 17.9 Å². The maximum Gasteiger partial charge on any atom is 0.338 e. The summed E-state index contributed by atoms with van der Waals surface area (Å²) >= 11 is 0. The largest absolute Gasteiger partial charge is 0.497 e. The Hall–Kier alpha value is -2.65. The van der Waals surface area contributed by atoms with Crippen LogP contribution in [0.5, 0.6) is 5.75 Å². The molecule has 1 aliphatic rings. The maximum atomic E-state index is 12.2. The molecule has 0 N–H and O–H groups in total. The van der Waals surface area contributed by atoms with Crippen molar-refractivity contribution in [2.45, 2.75) is 44.9 Å². The first kappa shape index (κ1) is 21.6. The highest BCUT2D eigenvalue weighted by Gasteiger charge is 2.43. The van der Waals surface area contributed by atoms with Gasteiger partial charge in [-0.15, -0.1) is 0 Å². The molecule has 1 aliphatic heterocycles. The van der Waals surface area contributed by atoms with E-state index in [1.807, 2.05) is 0 Å². The van der Waals surface area contributed by atoms with Gasteiger partial charge in [-0.3, -0.25) is 9.59 Å². The third kappa shape index (κ3) is 5.93. The van der Waals surface area contributed by atoms with Gasteiger partial charge in [-0.1, -0.05) is 0 Å². The minimum atomic E-state index is -0.966. The predicted octanol–water partition coefficient (Wildman–Crippen LogP) is 1.48. The maximum absolute atomic E-state index is 12.2. The van der Waals surface area contributed by atoms with Gasteiger partial charge in [0.1, 0.15) is 18.5 Å². The van der Waals surface area contributed by atoms with E-state index < -0.39 is 42.5 Å². The molecule has 1 aromatic carbocycles. The van der Waals surface area contributed by atoms with Gasteiger partial charge in [0.15, 0.2) is 12.4 Å². The minimum absolute atomic E-state index is 0.0880. The number of rotatable bonds is 7. The van der Waals surface area contributed by atoms with E-state index in [1.54, 1.807) is 24.3 Å².